The van der Waals surface area contributed by atoms with E-state index in [9.17, 15) is 0 Å². The molecular formula is C19H23Cl2NO. The molecule has 3 rings (SSSR count). The number of hydrogen-bond acceptors (Lipinski definition) is 2. The molecule has 1 aromatic rings. The van der Waals surface area contributed by atoms with Crippen LogP contribution in [0, 0.1) is 5.92 Å². The molecule has 4 heteroatoms. The number of rotatable bonds is 5. The second-order valence-electron chi connectivity index (χ2n) is 6.40. The summed E-state index contributed by atoms with van der Waals surface area (Å²) in [6.45, 7) is 2.48. The van der Waals surface area contributed by atoms with E-state index in [1.165, 1.54) is 32.1 Å². The number of halogens is 2. The summed E-state index contributed by atoms with van der Waals surface area (Å²) in [5.41, 5.74) is 1.08. The van der Waals surface area contributed by atoms with Crippen LogP contribution in [0.25, 0.3) is 0 Å². The lowest BCUT2D eigenvalue weighted by atomic mass is 9.90. The Morgan fingerprint density at radius 3 is 2.65 bits per heavy atom. The van der Waals surface area contributed by atoms with Crippen molar-refractivity contribution in [2.45, 2.75) is 38.6 Å². The predicted octanol–water partition coefficient (Wildman–Crippen LogP) is 5.80. The van der Waals surface area contributed by atoms with Gasteiger partial charge in [0.25, 0.3) is 0 Å². The maximum absolute atomic E-state index is 6.24. The fourth-order valence-corrected chi connectivity index (χ4v) is 3.64. The van der Waals surface area contributed by atoms with Crippen molar-refractivity contribution in [3.05, 3.63) is 57.9 Å². The van der Waals surface area contributed by atoms with Gasteiger partial charge in [0.2, 0.25) is 0 Å². The largest absolute Gasteiger partial charge is 0.494 e. The zero-order chi connectivity index (χ0) is 16.1. The number of hydrogen-bond donors (Lipinski definition) is 0. The van der Waals surface area contributed by atoms with E-state index in [-0.39, 0.29) is 0 Å². The molecule has 1 heterocycles. The molecule has 124 valence electrons. The second-order valence-corrected chi connectivity index (χ2v) is 7.25. The average molecular weight is 352 g/mol. The smallest absolute Gasteiger partial charge is 0.118 e. The maximum atomic E-state index is 6.24. The van der Waals surface area contributed by atoms with E-state index in [0.29, 0.717) is 10.0 Å². The van der Waals surface area contributed by atoms with Crippen LogP contribution in [0.3, 0.4) is 0 Å². The monoisotopic (exact) mass is 351 g/mol. The van der Waals surface area contributed by atoms with Crippen LogP contribution in [0.15, 0.2) is 42.3 Å². The van der Waals surface area contributed by atoms with Gasteiger partial charge in [-0.15, -0.1) is 0 Å². The molecule has 0 saturated heterocycles. The van der Waals surface area contributed by atoms with Crippen LogP contribution in [0.2, 0.25) is 10.0 Å². The highest BCUT2D eigenvalue weighted by molar-refractivity contribution is 6.35. The number of allylic oxidation sites excluding steroid dienone is 1. The molecule has 0 atom stereocenters. The van der Waals surface area contributed by atoms with Crippen LogP contribution in [-0.4, -0.2) is 18.1 Å². The van der Waals surface area contributed by atoms with Gasteiger partial charge in [0.15, 0.2) is 0 Å². The number of benzene rings is 1. The van der Waals surface area contributed by atoms with Crippen LogP contribution >= 0.6 is 23.2 Å². The third kappa shape index (κ3) is 4.92. The van der Waals surface area contributed by atoms with E-state index in [1.54, 1.807) is 6.07 Å². The van der Waals surface area contributed by atoms with Crippen molar-refractivity contribution < 1.29 is 4.74 Å². The fraction of sp³-hybridized carbons (Fsp3) is 0.474. The lowest BCUT2D eigenvalue weighted by molar-refractivity contribution is 0.146. The zero-order valence-corrected chi connectivity index (χ0v) is 14.8. The molecule has 0 bridgehead atoms. The van der Waals surface area contributed by atoms with Gasteiger partial charge >= 0.3 is 0 Å². The highest BCUT2D eigenvalue weighted by Gasteiger charge is 2.15. The molecule has 1 aliphatic heterocycles. The molecule has 0 N–H and O–H groups in total. The summed E-state index contributed by atoms with van der Waals surface area (Å²) in [7, 11) is 0. The lowest BCUT2D eigenvalue weighted by Gasteiger charge is -2.25. The van der Waals surface area contributed by atoms with Crippen molar-refractivity contribution in [1.82, 2.24) is 4.90 Å². The van der Waals surface area contributed by atoms with E-state index in [2.05, 4.69) is 23.3 Å². The Kier molecular flexibility index (Phi) is 5.91. The third-order valence-corrected chi connectivity index (χ3v) is 5.16. The van der Waals surface area contributed by atoms with Gasteiger partial charge in [0.1, 0.15) is 5.76 Å². The summed E-state index contributed by atoms with van der Waals surface area (Å²) < 4.78 is 5.96. The maximum Gasteiger partial charge on any atom is 0.118 e. The molecule has 0 aromatic heterocycles. The van der Waals surface area contributed by atoms with Crippen LogP contribution < -0.4 is 0 Å². The predicted molar refractivity (Wildman–Crippen MR) is 96.6 cm³/mol. The summed E-state index contributed by atoms with van der Waals surface area (Å²) in [4.78, 5) is 2.21. The molecule has 23 heavy (non-hydrogen) atoms. The fourth-order valence-electron chi connectivity index (χ4n) is 3.18. The third-order valence-electron chi connectivity index (χ3n) is 4.58. The quantitative estimate of drug-likeness (QED) is 0.664. The molecule has 0 amide bonds. The van der Waals surface area contributed by atoms with Crippen LogP contribution in [0.4, 0.5) is 0 Å². The van der Waals surface area contributed by atoms with Crippen molar-refractivity contribution in [2.24, 2.45) is 5.92 Å². The molecule has 1 saturated carbocycles. The normalized spacial score (nSPS) is 18.9. The Bertz CT molecular complexity index is 591. The van der Waals surface area contributed by atoms with Gasteiger partial charge < -0.3 is 9.64 Å². The van der Waals surface area contributed by atoms with Gasteiger partial charge in [-0.25, -0.2) is 0 Å². The minimum Gasteiger partial charge on any atom is -0.494 e. The average Bonchev–Trinajstić information content (AvgIpc) is 2.58. The Morgan fingerprint density at radius 1 is 1.13 bits per heavy atom. The standard InChI is InChI=1S/C19H23Cl2NO/c20-17-7-6-16(19(21)12-17)13-22-10-8-18(9-11-22)23-14-15-4-2-1-3-5-15/h6-10,12,15H,1-5,11,13-14H2. The van der Waals surface area contributed by atoms with Crippen LogP contribution in [0.1, 0.15) is 37.7 Å². The SMILES string of the molecule is Clc1ccc(CN2C=CC(OCC3CCCCC3)=CC2)c(Cl)c1. The summed E-state index contributed by atoms with van der Waals surface area (Å²) >= 11 is 12.2. The van der Waals surface area contributed by atoms with Gasteiger partial charge in [-0.1, -0.05) is 48.5 Å². The highest BCUT2D eigenvalue weighted by Crippen LogP contribution is 2.26. The van der Waals surface area contributed by atoms with Gasteiger partial charge in [-0.3, -0.25) is 0 Å². The number of ether oxygens (including phenoxy) is 1. The molecule has 1 fully saturated rings. The molecule has 1 aliphatic carbocycles. The lowest BCUT2D eigenvalue weighted by Crippen LogP contribution is -2.21. The first-order chi connectivity index (χ1) is 11.2. The first-order valence-electron chi connectivity index (χ1n) is 8.40. The second kappa shape index (κ2) is 8.12. The van der Waals surface area contributed by atoms with Gasteiger partial charge in [0, 0.05) is 29.3 Å². The van der Waals surface area contributed by atoms with Crippen molar-refractivity contribution in [2.75, 3.05) is 13.2 Å². The Labute approximate surface area is 148 Å². The molecule has 0 radical (unpaired) electrons. The van der Waals surface area contributed by atoms with E-state index < -0.39 is 0 Å². The molecule has 2 aliphatic rings. The van der Waals surface area contributed by atoms with Gasteiger partial charge in [0.05, 0.1) is 6.61 Å². The molecule has 2 nitrogen and oxygen atoms in total. The Balaban J connectivity index is 1.47. The molecule has 0 unspecified atom stereocenters. The summed E-state index contributed by atoms with van der Waals surface area (Å²) in [5, 5.41) is 1.39. The van der Waals surface area contributed by atoms with Crippen molar-refractivity contribution in [3.63, 3.8) is 0 Å². The molecule has 0 spiro atoms. The summed E-state index contributed by atoms with van der Waals surface area (Å²) in [6.07, 6.45) is 13.0. The van der Waals surface area contributed by atoms with Crippen molar-refractivity contribution in [3.8, 4) is 0 Å². The van der Waals surface area contributed by atoms with Gasteiger partial charge in [-0.05, 0) is 48.6 Å². The molecular weight excluding hydrogens is 329 g/mol. The van der Waals surface area contributed by atoms with E-state index >= 15 is 0 Å². The molecule has 1 aromatic carbocycles. The first-order valence-corrected chi connectivity index (χ1v) is 9.15. The Morgan fingerprint density at radius 2 is 1.96 bits per heavy atom. The van der Waals surface area contributed by atoms with Crippen molar-refractivity contribution in [1.29, 1.82) is 0 Å². The number of nitrogens with zero attached hydrogens (tertiary/aromatic N) is 1. The van der Waals surface area contributed by atoms with Crippen LogP contribution in [-0.2, 0) is 11.3 Å². The summed E-state index contributed by atoms with van der Waals surface area (Å²) in [6, 6.07) is 5.66. The van der Waals surface area contributed by atoms with E-state index in [0.717, 1.165) is 36.9 Å². The summed E-state index contributed by atoms with van der Waals surface area (Å²) in [5.74, 6) is 1.73. The van der Waals surface area contributed by atoms with Crippen molar-refractivity contribution >= 4 is 23.2 Å². The zero-order valence-electron chi connectivity index (χ0n) is 13.3. The van der Waals surface area contributed by atoms with Gasteiger partial charge in [-0.2, -0.15) is 0 Å². The first kappa shape index (κ1) is 16.7. The van der Waals surface area contributed by atoms with Crippen LogP contribution in [0.5, 0.6) is 0 Å². The van der Waals surface area contributed by atoms with E-state index in [4.69, 9.17) is 27.9 Å². The topological polar surface area (TPSA) is 12.5 Å². The highest BCUT2D eigenvalue weighted by atomic mass is 35.5. The minimum atomic E-state index is 0.672. The Hall–Kier alpha value is -1.12. The minimum absolute atomic E-state index is 0.672. The van der Waals surface area contributed by atoms with E-state index in [1.807, 2.05) is 12.1 Å².